The van der Waals surface area contributed by atoms with Crippen LogP contribution in [0.25, 0.3) is 0 Å². The lowest BCUT2D eigenvalue weighted by Gasteiger charge is -2.39. The van der Waals surface area contributed by atoms with Gasteiger partial charge >= 0.3 is 0 Å². The largest absolute Gasteiger partial charge is 0.350 e. The van der Waals surface area contributed by atoms with Crippen LogP contribution in [0.5, 0.6) is 0 Å². The Labute approximate surface area is 167 Å². The quantitative estimate of drug-likeness (QED) is 0.342. The average Bonchev–Trinajstić information content (AvgIpc) is 3.34. The maximum atomic E-state index is 12.8. The van der Waals surface area contributed by atoms with Gasteiger partial charge in [-0.2, -0.15) is 5.48 Å². The van der Waals surface area contributed by atoms with Crippen molar-refractivity contribution < 1.29 is 19.5 Å². The van der Waals surface area contributed by atoms with Crippen molar-refractivity contribution in [2.75, 3.05) is 26.2 Å². The van der Waals surface area contributed by atoms with Gasteiger partial charge in [0.2, 0.25) is 11.8 Å². The molecule has 2 amide bonds. The Bertz CT molecular complexity index is 607. The summed E-state index contributed by atoms with van der Waals surface area (Å²) >= 11 is 0. The molecule has 3 aliphatic rings. The average molecular weight is 397 g/mol. The topological polar surface area (TPSA) is 106 Å². The molecular weight excluding hydrogens is 360 g/mol. The Morgan fingerprint density at radius 1 is 1.29 bits per heavy atom. The summed E-state index contributed by atoms with van der Waals surface area (Å²) in [5, 5.41) is 15.1. The summed E-state index contributed by atoms with van der Waals surface area (Å²) in [6.45, 7) is 10.4. The highest BCUT2D eigenvalue weighted by atomic mass is 16.7. The molecule has 3 fully saturated rings. The zero-order chi connectivity index (χ0) is 20.6. The fourth-order valence-electron chi connectivity index (χ4n) is 5.33. The van der Waals surface area contributed by atoms with Gasteiger partial charge in [0.15, 0.2) is 5.72 Å². The lowest BCUT2D eigenvalue weighted by molar-refractivity contribution is -0.134. The van der Waals surface area contributed by atoms with Crippen LogP contribution >= 0.6 is 0 Å². The third-order valence-corrected chi connectivity index (χ3v) is 6.37. The Balaban J connectivity index is 1.50. The number of hydrogen-bond donors (Lipinski definition) is 4. The number of likely N-dealkylation sites (tertiary alicyclic amines) is 1. The highest BCUT2D eigenvalue weighted by Gasteiger charge is 2.51. The summed E-state index contributed by atoms with van der Waals surface area (Å²) in [6, 6.07) is -0.133. The first kappa shape index (κ1) is 21.5. The van der Waals surface area contributed by atoms with E-state index in [4.69, 9.17) is 9.94 Å². The Hall–Kier alpha value is -1.22. The standard InChI is InChI=1S/C20H36N4O4/c1-5-6-15(22-11-20(23-27)13-28-20)17(26)21-9-16(25)24-12-19(4)8-14(24)7-18(2,3)10-19/h14-15,22-23,27H,5-13H2,1-4H3,(H,21,26). The summed E-state index contributed by atoms with van der Waals surface area (Å²) in [5.74, 6) is -0.174. The third-order valence-electron chi connectivity index (χ3n) is 6.37. The second kappa shape index (κ2) is 7.89. The van der Waals surface area contributed by atoms with Crippen LogP contribution in [-0.2, 0) is 14.3 Å². The SMILES string of the molecule is CCCC(NCC1(NO)CO1)C(=O)NCC(=O)N1CC2(C)CC1CC(C)(C)C2. The number of rotatable bonds is 9. The zero-order valence-electron chi connectivity index (χ0n) is 17.6. The van der Waals surface area contributed by atoms with Gasteiger partial charge in [-0.05, 0) is 36.5 Å². The van der Waals surface area contributed by atoms with Crippen molar-refractivity contribution in [1.82, 2.24) is 21.0 Å². The number of hydrogen-bond acceptors (Lipinski definition) is 6. The van der Waals surface area contributed by atoms with Gasteiger partial charge in [0.1, 0.15) is 0 Å². The molecule has 2 saturated heterocycles. The Kier molecular flexibility index (Phi) is 6.06. The molecule has 8 nitrogen and oxygen atoms in total. The number of nitrogens with one attached hydrogen (secondary N) is 3. The van der Waals surface area contributed by atoms with Crippen molar-refractivity contribution in [3.05, 3.63) is 0 Å². The molecule has 3 rings (SSSR count). The maximum absolute atomic E-state index is 12.8. The van der Waals surface area contributed by atoms with E-state index in [1.54, 1.807) is 0 Å². The normalized spacial score (nSPS) is 34.2. The lowest BCUT2D eigenvalue weighted by Crippen LogP contribution is -2.52. The number of ether oxygens (including phenoxy) is 1. The summed E-state index contributed by atoms with van der Waals surface area (Å²) in [7, 11) is 0. The Morgan fingerprint density at radius 3 is 2.61 bits per heavy atom. The maximum Gasteiger partial charge on any atom is 0.242 e. The van der Waals surface area contributed by atoms with E-state index in [1.807, 2.05) is 11.8 Å². The monoisotopic (exact) mass is 396 g/mol. The summed E-state index contributed by atoms with van der Waals surface area (Å²) in [6.07, 6.45) is 4.71. The van der Waals surface area contributed by atoms with E-state index in [0.717, 1.165) is 32.2 Å². The number of amides is 2. The number of epoxide rings is 1. The van der Waals surface area contributed by atoms with Crippen LogP contribution in [-0.4, -0.2) is 66.0 Å². The van der Waals surface area contributed by atoms with Gasteiger partial charge in [-0.25, -0.2) is 0 Å². The number of carbonyl (C=O) groups is 2. The van der Waals surface area contributed by atoms with E-state index in [1.165, 1.54) is 0 Å². The van der Waals surface area contributed by atoms with Gasteiger partial charge in [-0.15, -0.1) is 0 Å². The van der Waals surface area contributed by atoms with Crippen molar-refractivity contribution in [3.63, 3.8) is 0 Å². The van der Waals surface area contributed by atoms with Crippen molar-refractivity contribution in [2.45, 2.75) is 77.6 Å². The Morgan fingerprint density at radius 2 is 2.00 bits per heavy atom. The molecule has 4 N–H and O–H groups in total. The van der Waals surface area contributed by atoms with Crippen molar-refractivity contribution in [2.24, 2.45) is 10.8 Å². The minimum absolute atomic E-state index is 0.00837. The van der Waals surface area contributed by atoms with Crippen LogP contribution in [0.2, 0.25) is 0 Å². The number of fused-ring (bicyclic) bond motifs is 2. The molecule has 0 aromatic rings. The van der Waals surface area contributed by atoms with E-state index in [0.29, 0.717) is 19.6 Å². The smallest absolute Gasteiger partial charge is 0.242 e. The van der Waals surface area contributed by atoms with Crippen LogP contribution < -0.4 is 16.1 Å². The third kappa shape index (κ3) is 4.84. The second-order valence-corrected chi connectivity index (χ2v) is 10.1. The molecule has 4 atom stereocenters. The molecule has 0 aromatic heterocycles. The molecule has 160 valence electrons. The number of nitrogens with zero attached hydrogens (tertiary/aromatic N) is 1. The van der Waals surface area contributed by atoms with Gasteiger partial charge in [0, 0.05) is 19.1 Å². The van der Waals surface area contributed by atoms with Crippen molar-refractivity contribution in [3.8, 4) is 0 Å². The van der Waals surface area contributed by atoms with Gasteiger partial charge < -0.3 is 25.5 Å². The van der Waals surface area contributed by atoms with E-state index in [-0.39, 0.29) is 35.2 Å². The van der Waals surface area contributed by atoms with Gasteiger partial charge in [0.05, 0.1) is 19.2 Å². The molecule has 2 aliphatic heterocycles. The van der Waals surface area contributed by atoms with E-state index in [2.05, 4.69) is 36.9 Å². The van der Waals surface area contributed by atoms with Gasteiger partial charge in [-0.3, -0.25) is 9.59 Å². The zero-order valence-corrected chi connectivity index (χ0v) is 17.6. The molecule has 0 radical (unpaired) electrons. The van der Waals surface area contributed by atoms with Gasteiger partial charge in [-0.1, -0.05) is 34.1 Å². The summed E-state index contributed by atoms with van der Waals surface area (Å²) < 4.78 is 5.17. The molecule has 28 heavy (non-hydrogen) atoms. The number of hydroxylamine groups is 1. The minimum atomic E-state index is -0.780. The van der Waals surface area contributed by atoms with E-state index in [9.17, 15) is 9.59 Å². The first-order chi connectivity index (χ1) is 13.1. The van der Waals surface area contributed by atoms with E-state index >= 15 is 0 Å². The molecule has 0 spiro atoms. The molecular formula is C20H36N4O4. The molecule has 2 bridgehead atoms. The molecule has 1 saturated carbocycles. The first-order valence-electron chi connectivity index (χ1n) is 10.5. The fourth-order valence-corrected chi connectivity index (χ4v) is 5.33. The molecule has 1 aliphatic carbocycles. The fraction of sp³-hybridized carbons (Fsp3) is 0.900. The van der Waals surface area contributed by atoms with Crippen LogP contribution in [0.15, 0.2) is 0 Å². The van der Waals surface area contributed by atoms with Gasteiger partial charge in [0.25, 0.3) is 0 Å². The molecule has 4 unspecified atom stereocenters. The predicted octanol–water partition coefficient (Wildman–Crippen LogP) is 0.993. The highest BCUT2D eigenvalue weighted by Crippen LogP contribution is 2.52. The van der Waals surface area contributed by atoms with E-state index < -0.39 is 11.8 Å². The first-order valence-corrected chi connectivity index (χ1v) is 10.5. The minimum Gasteiger partial charge on any atom is -0.350 e. The van der Waals surface area contributed by atoms with Crippen molar-refractivity contribution in [1.29, 1.82) is 0 Å². The van der Waals surface area contributed by atoms with Crippen LogP contribution in [0, 0.1) is 10.8 Å². The highest BCUT2D eigenvalue weighted by molar-refractivity contribution is 5.87. The molecule has 2 heterocycles. The van der Waals surface area contributed by atoms with Crippen LogP contribution in [0.1, 0.15) is 59.8 Å². The van der Waals surface area contributed by atoms with Crippen LogP contribution in [0.4, 0.5) is 0 Å². The summed E-state index contributed by atoms with van der Waals surface area (Å²) in [4.78, 5) is 27.4. The van der Waals surface area contributed by atoms with Crippen molar-refractivity contribution >= 4 is 11.8 Å². The second-order valence-electron chi connectivity index (χ2n) is 10.1. The number of carbonyl (C=O) groups excluding carboxylic acids is 2. The molecule has 8 heteroatoms. The summed E-state index contributed by atoms with van der Waals surface area (Å²) in [5.41, 5.74) is 1.80. The molecule has 0 aromatic carbocycles. The predicted molar refractivity (Wildman–Crippen MR) is 105 cm³/mol. The van der Waals surface area contributed by atoms with Crippen LogP contribution in [0.3, 0.4) is 0 Å². The lowest BCUT2D eigenvalue weighted by atomic mass is 9.65.